The van der Waals surface area contributed by atoms with E-state index in [0.717, 1.165) is 26.1 Å². The maximum absolute atomic E-state index is 12.9. The summed E-state index contributed by atoms with van der Waals surface area (Å²) in [5.74, 6) is -0.442. The van der Waals surface area contributed by atoms with Crippen molar-refractivity contribution in [3.63, 3.8) is 0 Å². The number of benzene rings is 2. The lowest BCUT2D eigenvalue weighted by atomic mass is 10.2. The molecule has 1 saturated heterocycles. The summed E-state index contributed by atoms with van der Waals surface area (Å²) in [6, 6.07) is 19.2. The minimum absolute atomic E-state index is 0.0419. The van der Waals surface area contributed by atoms with E-state index in [1.807, 2.05) is 36.1 Å². The van der Waals surface area contributed by atoms with Crippen LogP contribution in [0.2, 0.25) is 0 Å². The molecule has 3 aromatic rings. The number of aromatic nitrogens is 1. The van der Waals surface area contributed by atoms with Crippen molar-refractivity contribution in [1.82, 2.24) is 19.7 Å². The minimum atomic E-state index is -0.308. The fourth-order valence-electron chi connectivity index (χ4n) is 4.41. The predicted molar refractivity (Wildman–Crippen MR) is 156 cm³/mol. The Labute approximate surface area is 233 Å². The zero-order valence-electron chi connectivity index (χ0n) is 22.3. The normalized spacial score (nSPS) is 13.9. The van der Waals surface area contributed by atoms with Crippen molar-refractivity contribution < 1.29 is 14.4 Å². The van der Waals surface area contributed by atoms with Crippen LogP contribution in [0.25, 0.3) is 6.08 Å². The van der Waals surface area contributed by atoms with Crippen LogP contribution < -0.4 is 5.32 Å². The SMILES string of the molecule is CCCN(CC(=O)Nc1nc(CC(=O)N2CCN(C/C=C/c3ccccc3)CC2)cs1)C(=O)c1ccccc1. The van der Waals surface area contributed by atoms with Crippen molar-refractivity contribution in [2.75, 3.05) is 51.1 Å². The monoisotopic (exact) mass is 545 g/mol. The molecule has 1 aliphatic heterocycles. The Morgan fingerprint density at radius 1 is 1.00 bits per heavy atom. The standard InChI is InChI=1S/C30H35N5O3S/c1-2-15-35(29(38)25-13-7-4-8-14-25)22-27(36)32-30-31-26(23-39-30)21-28(37)34-19-17-33(18-20-34)16-9-12-24-10-5-3-6-11-24/h3-14,23H,2,15-22H2,1H3,(H,31,32,36)/b12-9+. The van der Waals surface area contributed by atoms with Gasteiger partial charge in [-0.2, -0.15) is 0 Å². The highest BCUT2D eigenvalue weighted by molar-refractivity contribution is 7.13. The van der Waals surface area contributed by atoms with Crippen LogP contribution >= 0.6 is 11.3 Å². The first-order valence-electron chi connectivity index (χ1n) is 13.3. The first-order chi connectivity index (χ1) is 19.0. The van der Waals surface area contributed by atoms with Gasteiger partial charge in [0.1, 0.15) is 6.54 Å². The predicted octanol–water partition coefficient (Wildman–Crippen LogP) is 4.03. The average Bonchev–Trinajstić information content (AvgIpc) is 3.40. The topological polar surface area (TPSA) is 85.8 Å². The van der Waals surface area contributed by atoms with Gasteiger partial charge in [0.15, 0.2) is 5.13 Å². The van der Waals surface area contributed by atoms with Crippen molar-refractivity contribution in [3.8, 4) is 0 Å². The highest BCUT2D eigenvalue weighted by Gasteiger charge is 2.22. The Hall–Kier alpha value is -3.82. The summed E-state index contributed by atoms with van der Waals surface area (Å²) in [6.45, 7) is 6.30. The number of amides is 3. The molecule has 2 aromatic carbocycles. The van der Waals surface area contributed by atoms with Gasteiger partial charge in [-0.25, -0.2) is 4.98 Å². The van der Waals surface area contributed by atoms with Crippen LogP contribution in [-0.4, -0.2) is 83.2 Å². The number of thiazole rings is 1. The van der Waals surface area contributed by atoms with E-state index >= 15 is 0 Å². The van der Waals surface area contributed by atoms with Crippen LogP contribution in [0.15, 0.2) is 72.1 Å². The third-order valence-corrected chi connectivity index (χ3v) is 7.27. The van der Waals surface area contributed by atoms with E-state index in [0.29, 0.717) is 36.0 Å². The molecular formula is C30H35N5O3S. The minimum Gasteiger partial charge on any atom is -0.340 e. The molecule has 0 bridgehead atoms. The Balaban J connectivity index is 1.21. The van der Waals surface area contributed by atoms with Crippen LogP contribution in [0.3, 0.4) is 0 Å². The highest BCUT2D eigenvalue weighted by Crippen LogP contribution is 2.17. The van der Waals surface area contributed by atoms with Crippen molar-refractivity contribution in [2.45, 2.75) is 19.8 Å². The molecule has 8 nitrogen and oxygen atoms in total. The van der Waals surface area contributed by atoms with Gasteiger partial charge in [-0.3, -0.25) is 19.3 Å². The van der Waals surface area contributed by atoms with Crippen LogP contribution in [0.1, 0.15) is 35.0 Å². The van der Waals surface area contributed by atoms with Gasteiger partial charge in [0.2, 0.25) is 11.8 Å². The van der Waals surface area contributed by atoms with Crippen LogP contribution in [0.5, 0.6) is 0 Å². The third-order valence-electron chi connectivity index (χ3n) is 6.46. The van der Waals surface area contributed by atoms with Gasteiger partial charge in [0, 0.05) is 50.2 Å². The average molecular weight is 546 g/mol. The summed E-state index contributed by atoms with van der Waals surface area (Å²) in [5.41, 5.74) is 2.38. The first-order valence-corrected chi connectivity index (χ1v) is 14.2. The second-order valence-electron chi connectivity index (χ2n) is 9.46. The van der Waals surface area contributed by atoms with Crippen LogP contribution in [0, 0.1) is 0 Å². The molecule has 0 unspecified atom stereocenters. The Morgan fingerprint density at radius 2 is 1.69 bits per heavy atom. The number of piperazine rings is 1. The van der Waals surface area contributed by atoms with Crippen molar-refractivity contribution >= 4 is 40.3 Å². The van der Waals surface area contributed by atoms with Crippen molar-refractivity contribution in [3.05, 3.63) is 88.9 Å². The van der Waals surface area contributed by atoms with Gasteiger partial charge in [0.05, 0.1) is 12.1 Å². The van der Waals surface area contributed by atoms with Crippen LogP contribution in [-0.2, 0) is 16.0 Å². The summed E-state index contributed by atoms with van der Waals surface area (Å²) in [5, 5.41) is 5.02. The smallest absolute Gasteiger partial charge is 0.254 e. The summed E-state index contributed by atoms with van der Waals surface area (Å²) in [6.07, 6.45) is 5.23. The number of carbonyl (C=O) groups is 3. The lowest BCUT2D eigenvalue weighted by molar-refractivity contribution is -0.132. The van der Waals surface area contributed by atoms with Gasteiger partial charge >= 0.3 is 0 Å². The molecule has 4 rings (SSSR count). The van der Waals surface area contributed by atoms with E-state index in [9.17, 15) is 14.4 Å². The van der Waals surface area contributed by atoms with Crippen LogP contribution in [0.4, 0.5) is 5.13 Å². The molecule has 0 aliphatic carbocycles. The van der Waals surface area contributed by atoms with Gasteiger partial charge in [-0.05, 0) is 24.1 Å². The Kier molecular flexibility index (Phi) is 10.4. The largest absolute Gasteiger partial charge is 0.340 e. The molecule has 1 fully saturated rings. The lowest BCUT2D eigenvalue weighted by Gasteiger charge is -2.34. The lowest BCUT2D eigenvalue weighted by Crippen LogP contribution is -2.49. The van der Waals surface area contributed by atoms with E-state index in [-0.39, 0.29) is 30.7 Å². The maximum Gasteiger partial charge on any atom is 0.254 e. The zero-order valence-corrected chi connectivity index (χ0v) is 23.1. The molecule has 204 valence electrons. The van der Waals surface area contributed by atoms with E-state index in [2.05, 4.69) is 39.5 Å². The van der Waals surface area contributed by atoms with E-state index in [1.165, 1.54) is 16.9 Å². The summed E-state index contributed by atoms with van der Waals surface area (Å²) in [4.78, 5) is 48.6. The first kappa shape index (κ1) is 28.2. The molecule has 1 aromatic heterocycles. The second-order valence-corrected chi connectivity index (χ2v) is 10.3. The van der Waals surface area contributed by atoms with E-state index in [1.54, 1.807) is 34.5 Å². The molecule has 1 N–H and O–H groups in total. The Bertz CT molecular complexity index is 1250. The van der Waals surface area contributed by atoms with Gasteiger partial charge < -0.3 is 15.1 Å². The molecule has 0 spiro atoms. The number of anilines is 1. The third kappa shape index (κ3) is 8.59. The zero-order chi connectivity index (χ0) is 27.5. The van der Waals surface area contributed by atoms with E-state index in [4.69, 9.17) is 0 Å². The molecule has 0 radical (unpaired) electrons. The van der Waals surface area contributed by atoms with Crippen molar-refractivity contribution in [2.24, 2.45) is 0 Å². The number of nitrogens with zero attached hydrogens (tertiary/aromatic N) is 4. The molecular weight excluding hydrogens is 510 g/mol. The number of hydrogen-bond acceptors (Lipinski definition) is 6. The van der Waals surface area contributed by atoms with Gasteiger partial charge in [-0.15, -0.1) is 11.3 Å². The molecule has 2 heterocycles. The second kappa shape index (κ2) is 14.4. The van der Waals surface area contributed by atoms with Crippen molar-refractivity contribution in [1.29, 1.82) is 0 Å². The Morgan fingerprint density at radius 3 is 2.38 bits per heavy atom. The number of nitrogens with one attached hydrogen (secondary N) is 1. The maximum atomic E-state index is 12.9. The van der Waals surface area contributed by atoms with E-state index < -0.39 is 0 Å². The van der Waals surface area contributed by atoms with Gasteiger partial charge in [-0.1, -0.05) is 67.6 Å². The molecule has 9 heteroatoms. The van der Waals surface area contributed by atoms with Gasteiger partial charge in [0.25, 0.3) is 5.91 Å². The summed E-state index contributed by atoms with van der Waals surface area (Å²) in [7, 11) is 0. The molecule has 1 aliphatic rings. The number of rotatable bonds is 11. The quantitative estimate of drug-likeness (QED) is 0.393. The molecule has 0 atom stereocenters. The molecule has 39 heavy (non-hydrogen) atoms. The summed E-state index contributed by atoms with van der Waals surface area (Å²) < 4.78 is 0. The molecule has 0 saturated carbocycles. The fraction of sp³-hybridized carbons (Fsp3) is 0.333. The number of hydrogen-bond donors (Lipinski definition) is 1. The number of carbonyl (C=O) groups excluding carboxylic acids is 3. The highest BCUT2D eigenvalue weighted by atomic mass is 32.1. The summed E-state index contributed by atoms with van der Waals surface area (Å²) >= 11 is 1.29. The fourth-order valence-corrected chi connectivity index (χ4v) is 5.14. The molecule has 3 amide bonds.